The fraction of sp³-hybridized carbons (Fsp3) is 0.529. The number of hydrogen-bond acceptors (Lipinski definition) is 5. The van der Waals surface area contributed by atoms with Gasteiger partial charge in [0.1, 0.15) is 5.82 Å². The van der Waals surface area contributed by atoms with E-state index >= 15 is 0 Å². The number of carbonyl (C=O) groups excluding carboxylic acids is 2. The second-order valence-electron chi connectivity index (χ2n) is 7.21. The number of carbonyl (C=O) groups is 2. The normalized spacial score (nSPS) is 24.0. The molecule has 2 bridgehead atoms. The van der Waals surface area contributed by atoms with Crippen LogP contribution in [0.3, 0.4) is 0 Å². The van der Waals surface area contributed by atoms with Gasteiger partial charge in [-0.25, -0.2) is 9.48 Å². The van der Waals surface area contributed by atoms with Gasteiger partial charge < -0.3 is 15.6 Å². The lowest BCUT2D eigenvalue weighted by Crippen LogP contribution is -2.30. The fourth-order valence-electron chi connectivity index (χ4n) is 4.21. The number of nitrogens with zero attached hydrogens (tertiary/aromatic N) is 3. The van der Waals surface area contributed by atoms with Crippen molar-refractivity contribution < 1.29 is 14.1 Å². The zero-order valence-electron chi connectivity index (χ0n) is 14.6. The first-order valence-corrected chi connectivity index (χ1v) is 8.86. The summed E-state index contributed by atoms with van der Waals surface area (Å²) in [5.74, 6) is 1.83. The van der Waals surface area contributed by atoms with Crippen LogP contribution < -0.4 is 16.4 Å². The van der Waals surface area contributed by atoms with Crippen molar-refractivity contribution in [1.29, 1.82) is 0 Å². The maximum absolute atomic E-state index is 12.2. The molecule has 0 radical (unpaired) electrons. The predicted octanol–water partition coefficient (Wildman–Crippen LogP) is 1.96. The highest BCUT2D eigenvalue weighted by molar-refractivity contribution is 5.90. The predicted molar refractivity (Wildman–Crippen MR) is 92.3 cm³/mol. The molecule has 3 unspecified atom stereocenters. The third-order valence-corrected chi connectivity index (χ3v) is 5.35. The molecule has 26 heavy (non-hydrogen) atoms. The van der Waals surface area contributed by atoms with Crippen LogP contribution in [0.5, 0.6) is 0 Å². The first-order chi connectivity index (χ1) is 12.5. The van der Waals surface area contributed by atoms with Crippen LogP contribution in [0.15, 0.2) is 16.7 Å². The quantitative estimate of drug-likeness (QED) is 0.752. The summed E-state index contributed by atoms with van der Waals surface area (Å²) in [5.41, 5.74) is 6.03. The van der Waals surface area contributed by atoms with Crippen LogP contribution in [0, 0.1) is 18.8 Å². The lowest BCUT2D eigenvalue weighted by molar-refractivity contribution is 0.0991. The monoisotopic (exact) mass is 358 g/mol. The van der Waals surface area contributed by atoms with E-state index in [1.807, 2.05) is 17.7 Å². The summed E-state index contributed by atoms with van der Waals surface area (Å²) in [4.78, 5) is 23.2. The maximum atomic E-state index is 12.2. The second kappa shape index (κ2) is 6.47. The molecule has 4 rings (SSSR count). The molecular weight excluding hydrogens is 336 g/mol. The van der Waals surface area contributed by atoms with Gasteiger partial charge in [0, 0.05) is 12.1 Å². The Balaban J connectivity index is 1.39. The smallest absolute Gasteiger partial charge is 0.320 e. The van der Waals surface area contributed by atoms with Gasteiger partial charge in [-0.2, -0.15) is 5.10 Å². The minimum absolute atomic E-state index is 0.0344. The van der Waals surface area contributed by atoms with E-state index in [2.05, 4.69) is 20.9 Å². The zero-order chi connectivity index (χ0) is 18.3. The van der Waals surface area contributed by atoms with E-state index in [-0.39, 0.29) is 18.3 Å². The fourth-order valence-corrected chi connectivity index (χ4v) is 4.21. The molecule has 3 atom stereocenters. The third-order valence-electron chi connectivity index (χ3n) is 5.35. The van der Waals surface area contributed by atoms with Gasteiger partial charge in [0.25, 0.3) is 5.91 Å². The van der Waals surface area contributed by atoms with Gasteiger partial charge in [-0.15, -0.1) is 0 Å². The molecule has 0 spiro atoms. The molecule has 9 nitrogen and oxygen atoms in total. The van der Waals surface area contributed by atoms with E-state index in [9.17, 15) is 9.59 Å². The van der Waals surface area contributed by atoms with E-state index in [0.717, 1.165) is 18.0 Å². The summed E-state index contributed by atoms with van der Waals surface area (Å²) in [6.07, 6.45) is 4.96. The van der Waals surface area contributed by atoms with Crippen molar-refractivity contribution in [2.24, 2.45) is 17.6 Å². The Morgan fingerprint density at radius 1 is 1.35 bits per heavy atom. The summed E-state index contributed by atoms with van der Waals surface area (Å²) in [5, 5.41) is 13.7. The van der Waals surface area contributed by atoms with E-state index in [0.29, 0.717) is 23.5 Å². The molecule has 4 N–H and O–H groups in total. The van der Waals surface area contributed by atoms with E-state index in [4.69, 9.17) is 10.3 Å². The van der Waals surface area contributed by atoms with E-state index in [1.54, 1.807) is 0 Å². The van der Waals surface area contributed by atoms with Gasteiger partial charge in [0.2, 0.25) is 0 Å². The molecule has 2 saturated carbocycles. The second-order valence-corrected chi connectivity index (χ2v) is 7.21. The first-order valence-electron chi connectivity index (χ1n) is 8.86. The van der Waals surface area contributed by atoms with Gasteiger partial charge in [-0.05, 0) is 38.0 Å². The molecule has 0 saturated heterocycles. The molecular formula is C17H22N6O3. The number of nitrogens with two attached hydrogens (primary N) is 1. The minimum Gasteiger partial charge on any atom is -0.364 e. The molecule has 2 aromatic rings. The Bertz CT molecular complexity index is 841. The largest absolute Gasteiger partial charge is 0.364 e. The lowest BCUT2D eigenvalue weighted by Gasteiger charge is -2.24. The van der Waals surface area contributed by atoms with E-state index < -0.39 is 5.91 Å². The maximum Gasteiger partial charge on any atom is 0.320 e. The highest BCUT2D eigenvalue weighted by Crippen LogP contribution is 2.51. The minimum atomic E-state index is -0.672. The van der Waals surface area contributed by atoms with Gasteiger partial charge >= 0.3 is 6.03 Å². The zero-order valence-corrected chi connectivity index (χ0v) is 14.6. The molecule has 9 heteroatoms. The Hall–Kier alpha value is -2.84. The van der Waals surface area contributed by atoms with Gasteiger partial charge in [-0.1, -0.05) is 11.6 Å². The van der Waals surface area contributed by atoms with Crippen LogP contribution >= 0.6 is 0 Å². The molecule has 3 amide bonds. The van der Waals surface area contributed by atoms with Crippen molar-refractivity contribution in [3.05, 3.63) is 29.3 Å². The van der Waals surface area contributed by atoms with Crippen LogP contribution in [0.25, 0.3) is 0 Å². The molecule has 2 aliphatic carbocycles. The van der Waals surface area contributed by atoms with Crippen molar-refractivity contribution in [1.82, 2.24) is 20.3 Å². The Morgan fingerprint density at radius 2 is 2.19 bits per heavy atom. The number of hydrogen-bond donors (Lipinski definition) is 3. The molecule has 2 aliphatic rings. The van der Waals surface area contributed by atoms with Crippen molar-refractivity contribution >= 4 is 17.8 Å². The molecule has 0 aliphatic heterocycles. The Kier molecular flexibility index (Phi) is 4.14. The number of nitrogens with one attached hydrogen (secondary N) is 2. The van der Waals surface area contributed by atoms with Crippen LogP contribution in [0.1, 0.15) is 53.7 Å². The van der Waals surface area contributed by atoms with Gasteiger partial charge in [-0.3, -0.25) is 10.1 Å². The van der Waals surface area contributed by atoms with Crippen LogP contribution in [-0.2, 0) is 6.54 Å². The van der Waals surface area contributed by atoms with Crippen LogP contribution in [-0.4, -0.2) is 26.9 Å². The number of primary amides is 1. The summed E-state index contributed by atoms with van der Waals surface area (Å²) in [7, 11) is 0. The summed E-state index contributed by atoms with van der Waals surface area (Å²) in [6.45, 7) is 2.03. The summed E-state index contributed by atoms with van der Waals surface area (Å²) in [6, 6.07) is 3.29. The van der Waals surface area contributed by atoms with Crippen molar-refractivity contribution in [2.75, 3.05) is 5.32 Å². The van der Waals surface area contributed by atoms with Crippen molar-refractivity contribution in [3.8, 4) is 0 Å². The number of aryl methyl sites for hydroxylation is 1. The van der Waals surface area contributed by atoms with Crippen LogP contribution in [0.4, 0.5) is 10.6 Å². The number of rotatable bonds is 5. The first kappa shape index (κ1) is 16.6. The average molecular weight is 358 g/mol. The summed E-state index contributed by atoms with van der Waals surface area (Å²) >= 11 is 0. The molecule has 138 valence electrons. The number of anilines is 1. The van der Waals surface area contributed by atoms with Crippen molar-refractivity contribution in [3.63, 3.8) is 0 Å². The number of urea groups is 1. The number of fused-ring (bicyclic) bond motifs is 2. The molecule has 2 aromatic heterocycles. The molecule has 0 aromatic carbocycles. The summed E-state index contributed by atoms with van der Waals surface area (Å²) < 4.78 is 6.93. The van der Waals surface area contributed by atoms with Gasteiger partial charge in [0.05, 0.1) is 18.3 Å². The van der Waals surface area contributed by atoms with Crippen LogP contribution in [0.2, 0.25) is 0 Å². The average Bonchev–Trinajstić information content (AvgIpc) is 3.36. The Morgan fingerprint density at radius 3 is 2.85 bits per heavy atom. The highest BCUT2D eigenvalue weighted by Gasteiger charge is 2.41. The lowest BCUT2D eigenvalue weighted by atomic mass is 9.95. The van der Waals surface area contributed by atoms with E-state index in [1.165, 1.54) is 25.3 Å². The SMILES string of the molecule is Cc1cc(NC(=O)NCc2cc(C(N)=O)no2)n(C2CC3CCC2C3)n1. The number of aromatic nitrogens is 3. The topological polar surface area (TPSA) is 128 Å². The standard InChI is InChI=1S/C17H22N6O3/c1-9-4-15(23(21-9)14-6-10-2-3-11(14)5-10)20-17(25)19-8-12-7-13(16(18)24)22-26-12/h4,7,10-11,14H,2-3,5-6,8H2,1H3,(H2,18,24)(H2,19,20,25). The van der Waals surface area contributed by atoms with Crippen molar-refractivity contribution in [2.45, 2.75) is 45.2 Å². The van der Waals surface area contributed by atoms with Gasteiger partial charge in [0.15, 0.2) is 11.5 Å². The highest BCUT2D eigenvalue weighted by atomic mass is 16.5. The third kappa shape index (κ3) is 3.16. The number of amides is 3. The Labute approximate surface area is 150 Å². The molecule has 2 heterocycles. The molecule has 2 fully saturated rings.